The summed E-state index contributed by atoms with van der Waals surface area (Å²) in [4.78, 5) is 4.11. The average molecular weight is 321 g/mol. The summed E-state index contributed by atoms with van der Waals surface area (Å²) >= 11 is 3.55. The number of nitrogens with zero attached hydrogens (tertiary/aromatic N) is 1. The van der Waals surface area contributed by atoms with Crippen LogP contribution in [0.1, 0.15) is 11.1 Å². The van der Waals surface area contributed by atoms with Gasteiger partial charge in [-0.15, -0.1) is 0 Å². The van der Waals surface area contributed by atoms with Crippen LogP contribution in [0.4, 0.5) is 0 Å². The van der Waals surface area contributed by atoms with Crippen molar-refractivity contribution in [3.63, 3.8) is 0 Å². The Morgan fingerprint density at radius 2 is 2.21 bits per heavy atom. The quantitative estimate of drug-likeness (QED) is 0.830. The number of methoxy groups -OCH3 is 1. The second-order valence-electron chi connectivity index (χ2n) is 4.25. The molecule has 0 saturated carbocycles. The Hall–Kier alpha value is -1.39. The molecule has 1 aromatic carbocycles. The third-order valence-corrected chi connectivity index (χ3v) is 3.66. The lowest BCUT2D eigenvalue weighted by Crippen LogP contribution is -2.17. The molecule has 0 amide bonds. The largest absolute Gasteiger partial charge is 0.497 e. The predicted molar refractivity (Wildman–Crippen MR) is 80.3 cm³/mol. The van der Waals surface area contributed by atoms with Gasteiger partial charge in [-0.1, -0.05) is 22.0 Å². The van der Waals surface area contributed by atoms with E-state index in [1.165, 1.54) is 11.1 Å². The summed E-state index contributed by atoms with van der Waals surface area (Å²) in [5.74, 6) is 0.882. The lowest BCUT2D eigenvalue weighted by atomic mass is 10.2. The third-order valence-electron chi connectivity index (χ3n) is 2.88. The molecule has 0 fully saturated rings. The van der Waals surface area contributed by atoms with Gasteiger partial charge in [-0.3, -0.25) is 4.98 Å². The Morgan fingerprint density at radius 3 is 2.95 bits per heavy atom. The number of rotatable bonds is 6. The fraction of sp³-hybridized carbons (Fsp3) is 0.267. The van der Waals surface area contributed by atoms with Gasteiger partial charge in [0.15, 0.2) is 0 Å². The fourth-order valence-electron chi connectivity index (χ4n) is 1.82. The zero-order valence-corrected chi connectivity index (χ0v) is 12.5. The van der Waals surface area contributed by atoms with Crippen LogP contribution in [-0.2, 0) is 13.0 Å². The summed E-state index contributed by atoms with van der Waals surface area (Å²) in [5, 5.41) is 3.43. The zero-order chi connectivity index (χ0) is 13.5. The first kappa shape index (κ1) is 14.0. The van der Waals surface area contributed by atoms with E-state index in [2.05, 4.69) is 32.3 Å². The van der Waals surface area contributed by atoms with Crippen molar-refractivity contribution in [3.05, 3.63) is 58.3 Å². The maximum atomic E-state index is 5.23. The molecule has 0 atom stereocenters. The molecule has 19 heavy (non-hydrogen) atoms. The van der Waals surface area contributed by atoms with Crippen LogP contribution in [0.25, 0.3) is 0 Å². The number of hydrogen-bond donors (Lipinski definition) is 1. The SMILES string of the molecule is COc1ccc(Br)c(CNCCc2cccnc2)c1. The molecule has 100 valence electrons. The van der Waals surface area contributed by atoms with Crippen LogP contribution >= 0.6 is 15.9 Å². The first-order valence-corrected chi connectivity index (χ1v) is 7.01. The Kier molecular flexibility index (Phi) is 5.36. The van der Waals surface area contributed by atoms with Gasteiger partial charge in [0, 0.05) is 23.4 Å². The van der Waals surface area contributed by atoms with Gasteiger partial charge in [-0.25, -0.2) is 0 Å². The van der Waals surface area contributed by atoms with E-state index in [0.29, 0.717) is 0 Å². The van der Waals surface area contributed by atoms with Crippen molar-refractivity contribution < 1.29 is 4.74 Å². The van der Waals surface area contributed by atoms with Crippen LogP contribution < -0.4 is 10.1 Å². The molecule has 0 aliphatic rings. The van der Waals surface area contributed by atoms with Crippen LogP contribution in [-0.4, -0.2) is 18.6 Å². The summed E-state index contributed by atoms with van der Waals surface area (Å²) in [6, 6.07) is 10.1. The summed E-state index contributed by atoms with van der Waals surface area (Å²) in [5.41, 5.74) is 2.45. The van der Waals surface area contributed by atoms with Crippen molar-refractivity contribution in [3.8, 4) is 5.75 Å². The molecule has 1 heterocycles. The van der Waals surface area contributed by atoms with Gasteiger partial charge in [0.25, 0.3) is 0 Å². The van der Waals surface area contributed by atoms with Crippen LogP contribution in [0.3, 0.4) is 0 Å². The van der Waals surface area contributed by atoms with Crippen molar-refractivity contribution in [2.24, 2.45) is 0 Å². The minimum absolute atomic E-state index is 0.818. The van der Waals surface area contributed by atoms with Crippen LogP contribution in [0.15, 0.2) is 47.2 Å². The highest BCUT2D eigenvalue weighted by molar-refractivity contribution is 9.10. The second-order valence-corrected chi connectivity index (χ2v) is 5.10. The molecule has 3 nitrogen and oxygen atoms in total. The average Bonchev–Trinajstić information content (AvgIpc) is 2.46. The molecule has 0 saturated heterocycles. The van der Waals surface area contributed by atoms with E-state index < -0.39 is 0 Å². The van der Waals surface area contributed by atoms with E-state index in [0.717, 1.165) is 29.7 Å². The van der Waals surface area contributed by atoms with Crippen molar-refractivity contribution in [2.75, 3.05) is 13.7 Å². The van der Waals surface area contributed by atoms with Crippen molar-refractivity contribution >= 4 is 15.9 Å². The maximum absolute atomic E-state index is 5.23. The van der Waals surface area contributed by atoms with E-state index in [4.69, 9.17) is 4.74 Å². The maximum Gasteiger partial charge on any atom is 0.119 e. The zero-order valence-electron chi connectivity index (χ0n) is 10.9. The minimum Gasteiger partial charge on any atom is -0.497 e. The van der Waals surface area contributed by atoms with Gasteiger partial charge in [-0.2, -0.15) is 0 Å². The van der Waals surface area contributed by atoms with Gasteiger partial charge >= 0.3 is 0 Å². The summed E-state index contributed by atoms with van der Waals surface area (Å²) in [6.45, 7) is 1.74. The second kappa shape index (κ2) is 7.26. The molecule has 4 heteroatoms. The number of halogens is 1. The normalized spacial score (nSPS) is 10.4. The van der Waals surface area contributed by atoms with Gasteiger partial charge < -0.3 is 10.1 Å². The van der Waals surface area contributed by atoms with Crippen molar-refractivity contribution in [1.29, 1.82) is 0 Å². The van der Waals surface area contributed by atoms with Crippen molar-refractivity contribution in [2.45, 2.75) is 13.0 Å². The first-order chi connectivity index (χ1) is 9.29. The number of benzene rings is 1. The smallest absolute Gasteiger partial charge is 0.119 e. The van der Waals surface area contributed by atoms with E-state index in [1.54, 1.807) is 13.3 Å². The summed E-state index contributed by atoms with van der Waals surface area (Å²) in [7, 11) is 1.68. The predicted octanol–water partition coefficient (Wildman–Crippen LogP) is 3.19. The topological polar surface area (TPSA) is 34.1 Å². The summed E-state index contributed by atoms with van der Waals surface area (Å²) < 4.78 is 6.33. The Labute approximate surface area is 122 Å². The third kappa shape index (κ3) is 4.33. The van der Waals surface area contributed by atoms with Gasteiger partial charge in [0.2, 0.25) is 0 Å². The molecule has 2 aromatic rings. The first-order valence-electron chi connectivity index (χ1n) is 6.21. The summed E-state index contributed by atoms with van der Waals surface area (Å²) in [6.07, 6.45) is 4.68. The number of nitrogens with one attached hydrogen (secondary N) is 1. The lowest BCUT2D eigenvalue weighted by Gasteiger charge is -2.09. The van der Waals surface area contributed by atoms with Gasteiger partial charge in [0.05, 0.1) is 7.11 Å². The molecule has 0 spiro atoms. The highest BCUT2D eigenvalue weighted by Crippen LogP contribution is 2.22. The number of ether oxygens (including phenoxy) is 1. The molecule has 1 aromatic heterocycles. The molecule has 1 N–H and O–H groups in total. The van der Waals surface area contributed by atoms with E-state index >= 15 is 0 Å². The Bertz CT molecular complexity index is 517. The van der Waals surface area contributed by atoms with Gasteiger partial charge in [-0.05, 0) is 48.4 Å². The molecule has 0 bridgehead atoms. The molecule has 0 aliphatic heterocycles. The molecule has 2 rings (SSSR count). The van der Waals surface area contributed by atoms with E-state index in [-0.39, 0.29) is 0 Å². The Balaban J connectivity index is 1.82. The van der Waals surface area contributed by atoms with E-state index in [1.807, 2.05) is 30.5 Å². The fourth-order valence-corrected chi connectivity index (χ4v) is 2.20. The van der Waals surface area contributed by atoms with Crippen molar-refractivity contribution in [1.82, 2.24) is 10.3 Å². The molecule has 0 radical (unpaired) electrons. The molecule has 0 aliphatic carbocycles. The highest BCUT2D eigenvalue weighted by Gasteiger charge is 2.01. The molecular formula is C15H17BrN2O. The Morgan fingerprint density at radius 1 is 1.32 bits per heavy atom. The number of aromatic nitrogens is 1. The number of hydrogen-bond acceptors (Lipinski definition) is 3. The van der Waals surface area contributed by atoms with Gasteiger partial charge in [0.1, 0.15) is 5.75 Å². The molecular weight excluding hydrogens is 304 g/mol. The van der Waals surface area contributed by atoms with E-state index in [9.17, 15) is 0 Å². The minimum atomic E-state index is 0.818. The number of pyridine rings is 1. The van der Waals surface area contributed by atoms with Crippen LogP contribution in [0.5, 0.6) is 5.75 Å². The molecule has 0 unspecified atom stereocenters. The van der Waals surface area contributed by atoms with Crippen LogP contribution in [0, 0.1) is 0 Å². The highest BCUT2D eigenvalue weighted by atomic mass is 79.9. The van der Waals surface area contributed by atoms with Crippen LogP contribution in [0.2, 0.25) is 0 Å². The standard InChI is InChI=1S/C15H17BrN2O/c1-19-14-4-5-15(16)13(9-14)11-18-8-6-12-3-2-7-17-10-12/h2-5,7,9-10,18H,6,8,11H2,1H3. The lowest BCUT2D eigenvalue weighted by molar-refractivity contribution is 0.414. The monoisotopic (exact) mass is 320 g/mol.